The van der Waals surface area contributed by atoms with Gasteiger partial charge in [0.25, 0.3) is 0 Å². The maximum Gasteiger partial charge on any atom is 0.233 e. The van der Waals surface area contributed by atoms with Crippen molar-refractivity contribution in [3.05, 3.63) is 66.2 Å². The summed E-state index contributed by atoms with van der Waals surface area (Å²) in [6.07, 6.45) is 0. The summed E-state index contributed by atoms with van der Waals surface area (Å²) in [5.41, 5.74) is 7.24. The minimum atomic E-state index is 0.215. The number of fused-ring (bicyclic) bond motifs is 2. The standard InChI is InChI=1S/C27H31N7O4/c28-10-12-35-14-15-36-13-11-29-25-32-26(30-17-21-6-3-7-23-24(21)38-18-37-23)34-27(33-25)31-22-9-8-19-4-1-2-5-20(19)16-22/h1-9,16H,10-15,17-18,28H2,(H3,29,30,31,32,33,34). The lowest BCUT2D eigenvalue weighted by molar-refractivity contribution is 0.0547. The average molecular weight is 518 g/mol. The molecule has 0 radical (unpaired) electrons. The molecule has 1 aliphatic heterocycles. The average Bonchev–Trinajstić information content (AvgIpc) is 3.43. The van der Waals surface area contributed by atoms with Crippen LogP contribution in [0, 0.1) is 0 Å². The van der Waals surface area contributed by atoms with E-state index in [-0.39, 0.29) is 6.79 Å². The van der Waals surface area contributed by atoms with Gasteiger partial charge in [0.05, 0.1) is 26.4 Å². The molecule has 3 aromatic carbocycles. The first-order chi connectivity index (χ1) is 18.8. The molecular weight excluding hydrogens is 486 g/mol. The van der Waals surface area contributed by atoms with Crippen LogP contribution in [0.1, 0.15) is 5.56 Å². The highest BCUT2D eigenvalue weighted by Crippen LogP contribution is 2.35. The summed E-state index contributed by atoms with van der Waals surface area (Å²) in [5.74, 6) is 2.71. The third kappa shape index (κ3) is 6.76. The maximum absolute atomic E-state index is 5.62. The van der Waals surface area contributed by atoms with Gasteiger partial charge in [-0.25, -0.2) is 0 Å². The number of benzene rings is 3. The summed E-state index contributed by atoms with van der Waals surface area (Å²) in [6, 6.07) is 20.1. The van der Waals surface area contributed by atoms with Crippen LogP contribution >= 0.6 is 0 Å². The van der Waals surface area contributed by atoms with E-state index in [2.05, 4.69) is 55.2 Å². The number of para-hydroxylation sites is 1. The zero-order chi connectivity index (χ0) is 26.0. The van der Waals surface area contributed by atoms with Crippen LogP contribution in [0.5, 0.6) is 11.5 Å². The SMILES string of the molecule is NCCOCCOCCNc1nc(NCc2cccc3c2OCO3)nc(Nc2ccc3ccccc3c2)n1. The number of nitrogens with one attached hydrogen (secondary N) is 3. The predicted molar refractivity (Wildman–Crippen MR) is 146 cm³/mol. The first-order valence-electron chi connectivity index (χ1n) is 12.5. The quantitative estimate of drug-likeness (QED) is 0.183. The summed E-state index contributed by atoms with van der Waals surface area (Å²) in [6.45, 7) is 3.70. The molecule has 0 atom stereocenters. The van der Waals surface area contributed by atoms with Gasteiger partial charge in [0.2, 0.25) is 24.6 Å². The fourth-order valence-electron chi connectivity index (χ4n) is 3.93. The van der Waals surface area contributed by atoms with E-state index in [1.165, 1.54) is 0 Å². The Morgan fingerprint density at radius 1 is 0.763 bits per heavy atom. The fraction of sp³-hybridized carbons (Fsp3) is 0.296. The second kappa shape index (κ2) is 12.9. The van der Waals surface area contributed by atoms with Crippen molar-refractivity contribution in [2.45, 2.75) is 6.54 Å². The molecule has 2 heterocycles. The minimum absolute atomic E-state index is 0.215. The molecule has 11 nitrogen and oxygen atoms in total. The molecule has 198 valence electrons. The number of nitrogens with zero attached hydrogens (tertiary/aromatic N) is 3. The van der Waals surface area contributed by atoms with Gasteiger partial charge < -0.3 is 40.6 Å². The van der Waals surface area contributed by atoms with Crippen molar-refractivity contribution < 1.29 is 18.9 Å². The van der Waals surface area contributed by atoms with E-state index in [0.717, 1.165) is 33.5 Å². The molecule has 1 aromatic heterocycles. The molecule has 0 unspecified atom stereocenters. The first kappa shape index (κ1) is 25.5. The first-order valence-corrected chi connectivity index (χ1v) is 12.5. The van der Waals surface area contributed by atoms with Crippen molar-refractivity contribution in [3.8, 4) is 11.5 Å². The van der Waals surface area contributed by atoms with Gasteiger partial charge in [0.15, 0.2) is 11.5 Å². The Labute approximate surface area is 220 Å². The van der Waals surface area contributed by atoms with E-state index in [4.69, 9.17) is 24.7 Å². The van der Waals surface area contributed by atoms with Crippen LogP contribution in [0.25, 0.3) is 10.8 Å². The summed E-state index contributed by atoms with van der Waals surface area (Å²) < 4.78 is 22.0. The molecule has 1 aliphatic rings. The van der Waals surface area contributed by atoms with Crippen LogP contribution in [0.2, 0.25) is 0 Å². The van der Waals surface area contributed by atoms with Gasteiger partial charge in [-0.15, -0.1) is 0 Å². The molecule has 0 amide bonds. The molecule has 0 aliphatic carbocycles. The van der Waals surface area contributed by atoms with Crippen molar-refractivity contribution in [3.63, 3.8) is 0 Å². The van der Waals surface area contributed by atoms with E-state index in [9.17, 15) is 0 Å². The lowest BCUT2D eigenvalue weighted by atomic mass is 10.1. The normalized spacial score (nSPS) is 12.0. The van der Waals surface area contributed by atoms with Crippen molar-refractivity contribution in [1.29, 1.82) is 0 Å². The molecule has 4 aromatic rings. The lowest BCUT2D eigenvalue weighted by Gasteiger charge is -2.13. The van der Waals surface area contributed by atoms with Crippen molar-refractivity contribution >= 4 is 34.3 Å². The fourth-order valence-corrected chi connectivity index (χ4v) is 3.93. The monoisotopic (exact) mass is 517 g/mol. The molecule has 38 heavy (non-hydrogen) atoms. The van der Waals surface area contributed by atoms with Gasteiger partial charge in [-0.05, 0) is 29.0 Å². The highest BCUT2D eigenvalue weighted by atomic mass is 16.7. The topological polar surface area (TPSA) is 138 Å². The minimum Gasteiger partial charge on any atom is -0.454 e. The van der Waals surface area contributed by atoms with Gasteiger partial charge in [0, 0.05) is 30.9 Å². The Morgan fingerprint density at radius 3 is 2.42 bits per heavy atom. The van der Waals surface area contributed by atoms with Gasteiger partial charge in [-0.2, -0.15) is 15.0 Å². The van der Waals surface area contributed by atoms with Crippen molar-refractivity contribution in [2.24, 2.45) is 5.73 Å². The molecule has 0 fully saturated rings. The molecule has 0 saturated carbocycles. The third-order valence-electron chi connectivity index (χ3n) is 5.72. The molecule has 0 saturated heterocycles. The third-order valence-corrected chi connectivity index (χ3v) is 5.72. The Kier molecular flexibility index (Phi) is 8.62. The van der Waals surface area contributed by atoms with Gasteiger partial charge in [-0.3, -0.25) is 0 Å². The largest absolute Gasteiger partial charge is 0.454 e. The number of aromatic nitrogens is 3. The zero-order valence-corrected chi connectivity index (χ0v) is 21.0. The highest BCUT2D eigenvalue weighted by molar-refractivity contribution is 5.86. The van der Waals surface area contributed by atoms with E-state index in [0.29, 0.717) is 63.9 Å². The maximum atomic E-state index is 5.62. The molecule has 0 spiro atoms. The lowest BCUT2D eigenvalue weighted by Crippen LogP contribution is -2.17. The molecule has 0 bridgehead atoms. The highest BCUT2D eigenvalue weighted by Gasteiger charge is 2.17. The number of nitrogens with two attached hydrogens (primary N) is 1. The Morgan fingerprint density at radius 2 is 1.55 bits per heavy atom. The summed E-state index contributed by atoms with van der Waals surface area (Å²) in [4.78, 5) is 13.7. The summed E-state index contributed by atoms with van der Waals surface area (Å²) in [7, 11) is 0. The van der Waals surface area contributed by atoms with Crippen LogP contribution < -0.4 is 31.2 Å². The number of ether oxygens (including phenoxy) is 4. The Hall–Kier alpha value is -4.19. The number of hydrogen-bond acceptors (Lipinski definition) is 11. The molecule has 5 rings (SSSR count). The van der Waals surface area contributed by atoms with Gasteiger partial charge >= 0.3 is 0 Å². The summed E-state index contributed by atoms with van der Waals surface area (Å²) in [5, 5.41) is 12.1. The smallest absolute Gasteiger partial charge is 0.233 e. The van der Waals surface area contributed by atoms with E-state index < -0.39 is 0 Å². The van der Waals surface area contributed by atoms with Gasteiger partial charge in [0.1, 0.15) is 0 Å². The molecular formula is C27H31N7O4. The second-order valence-corrected chi connectivity index (χ2v) is 8.44. The van der Waals surface area contributed by atoms with E-state index >= 15 is 0 Å². The Balaban J connectivity index is 1.27. The van der Waals surface area contributed by atoms with E-state index in [1.54, 1.807) is 0 Å². The van der Waals surface area contributed by atoms with Crippen LogP contribution in [0.15, 0.2) is 60.7 Å². The number of anilines is 4. The molecule has 5 N–H and O–H groups in total. The van der Waals surface area contributed by atoms with E-state index in [1.807, 2.05) is 36.4 Å². The predicted octanol–water partition coefficient (Wildman–Crippen LogP) is 3.51. The molecule has 11 heteroatoms. The number of rotatable bonds is 14. The van der Waals surface area contributed by atoms with Crippen LogP contribution in [-0.2, 0) is 16.0 Å². The second-order valence-electron chi connectivity index (χ2n) is 8.44. The van der Waals surface area contributed by atoms with Gasteiger partial charge in [-0.1, -0.05) is 42.5 Å². The van der Waals surface area contributed by atoms with Crippen molar-refractivity contribution in [2.75, 3.05) is 62.3 Å². The van der Waals surface area contributed by atoms with Crippen molar-refractivity contribution in [1.82, 2.24) is 15.0 Å². The van der Waals surface area contributed by atoms with Crippen LogP contribution in [0.4, 0.5) is 23.5 Å². The zero-order valence-electron chi connectivity index (χ0n) is 21.0. The van der Waals surface area contributed by atoms with Crippen LogP contribution in [0.3, 0.4) is 0 Å². The number of hydrogen-bond donors (Lipinski definition) is 4. The summed E-state index contributed by atoms with van der Waals surface area (Å²) >= 11 is 0. The van der Waals surface area contributed by atoms with Crippen LogP contribution in [-0.4, -0.2) is 61.3 Å². The Bertz CT molecular complexity index is 1350.